The Morgan fingerprint density at radius 3 is 2.72 bits per heavy atom. The quantitative estimate of drug-likeness (QED) is 0.900. The third-order valence-corrected chi connectivity index (χ3v) is 3.05. The smallest absolute Gasteiger partial charge is 0.105 e. The molecule has 4 nitrogen and oxygen atoms in total. The van der Waals surface area contributed by atoms with Gasteiger partial charge in [-0.05, 0) is 26.0 Å². The van der Waals surface area contributed by atoms with Gasteiger partial charge in [-0.15, -0.1) is 0 Å². The number of aliphatic hydroxyl groups is 1. The molecule has 0 amide bonds. The van der Waals surface area contributed by atoms with Crippen LogP contribution in [0.5, 0.6) is 0 Å². The fourth-order valence-electron chi connectivity index (χ4n) is 1.97. The molecule has 0 aliphatic rings. The summed E-state index contributed by atoms with van der Waals surface area (Å²) in [6.45, 7) is 4.64. The molecule has 2 aromatic rings. The summed E-state index contributed by atoms with van der Waals surface area (Å²) < 4.78 is 5.29. The first kappa shape index (κ1) is 12.6. The van der Waals surface area contributed by atoms with E-state index < -0.39 is 0 Å². The molecule has 0 spiro atoms. The van der Waals surface area contributed by atoms with E-state index in [1.165, 1.54) is 0 Å². The van der Waals surface area contributed by atoms with Crippen molar-refractivity contribution in [2.75, 3.05) is 11.9 Å². The number of hydrogen-bond donors (Lipinski definition) is 1. The second-order valence-electron chi connectivity index (χ2n) is 4.47. The van der Waals surface area contributed by atoms with E-state index in [0.29, 0.717) is 0 Å². The van der Waals surface area contributed by atoms with Crippen LogP contribution in [0.15, 0.2) is 29.0 Å². The summed E-state index contributed by atoms with van der Waals surface area (Å²) >= 11 is 0. The largest absolute Gasteiger partial charge is 0.469 e. The van der Waals surface area contributed by atoms with Gasteiger partial charge in [-0.2, -0.15) is 0 Å². The van der Waals surface area contributed by atoms with E-state index in [-0.39, 0.29) is 6.61 Å². The maximum atomic E-state index is 9.35. The summed E-state index contributed by atoms with van der Waals surface area (Å²) in [5.41, 5.74) is 3.93. The summed E-state index contributed by atoms with van der Waals surface area (Å²) in [6.07, 6.45) is 3.42. The minimum atomic E-state index is -0.00266. The van der Waals surface area contributed by atoms with Crippen molar-refractivity contribution in [3.63, 3.8) is 0 Å². The monoisotopic (exact) mass is 246 g/mol. The lowest BCUT2D eigenvalue weighted by atomic mass is 10.1. The van der Waals surface area contributed by atoms with E-state index in [1.54, 1.807) is 12.5 Å². The highest BCUT2D eigenvalue weighted by molar-refractivity contribution is 5.53. The number of aromatic nitrogens is 1. The van der Waals surface area contributed by atoms with Crippen LogP contribution in [-0.4, -0.2) is 17.1 Å². The van der Waals surface area contributed by atoms with Gasteiger partial charge in [-0.3, -0.25) is 4.98 Å². The van der Waals surface area contributed by atoms with Crippen molar-refractivity contribution < 1.29 is 9.52 Å². The van der Waals surface area contributed by atoms with Gasteiger partial charge in [0.2, 0.25) is 0 Å². The van der Waals surface area contributed by atoms with Crippen LogP contribution in [0.1, 0.15) is 22.6 Å². The number of hydrogen-bond acceptors (Lipinski definition) is 4. The number of furan rings is 1. The third-order valence-electron chi connectivity index (χ3n) is 3.05. The van der Waals surface area contributed by atoms with Gasteiger partial charge in [0.1, 0.15) is 5.76 Å². The number of pyridine rings is 1. The zero-order chi connectivity index (χ0) is 13.1. The van der Waals surface area contributed by atoms with E-state index in [0.717, 1.165) is 34.8 Å². The molecule has 0 saturated heterocycles. The lowest BCUT2D eigenvalue weighted by molar-refractivity contribution is 0.281. The molecule has 4 heteroatoms. The number of anilines is 1. The Kier molecular flexibility index (Phi) is 3.67. The Balaban J connectivity index is 2.25. The number of nitrogens with zero attached hydrogens (tertiary/aromatic N) is 2. The molecular weight excluding hydrogens is 228 g/mol. The van der Waals surface area contributed by atoms with Gasteiger partial charge in [-0.1, -0.05) is 0 Å². The standard InChI is InChI=1S/C14H18N2O2/c1-10-6-14(13(9-17)7-15-10)16(3)8-12-4-5-18-11(12)2/h4-7,17H,8-9H2,1-3H3. The average molecular weight is 246 g/mol. The topological polar surface area (TPSA) is 49.5 Å². The van der Waals surface area contributed by atoms with E-state index in [1.807, 2.05) is 33.0 Å². The number of aliphatic hydroxyl groups excluding tert-OH is 1. The first-order chi connectivity index (χ1) is 8.61. The van der Waals surface area contributed by atoms with Crippen molar-refractivity contribution in [2.45, 2.75) is 27.0 Å². The Bertz CT molecular complexity index is 534. The van der Waals surface area contributed by atoms with Crippen LogP contribution in [-0.2, 0) is 13.2 Å². The lowest BCUT2D eigenvalue weighted by Crippen LogP contribution is -2.18. The van der Waals surface area contributed by atoms with E-state index in [2.05, 4.69) is 9.88 Å². The molecule has 0 fully saturated rings. The van der Waals surface area contributed by atoms with E-state index in [9.17, 15) is 5.11 Å². The third kappa shape index (κ3) is 2.54. The summed E-state index contributed by atoms with van der Waals surface area (Å²) in [4.78, 5) is 6.30. The van der Waals surface area contributed by atoms with Crippen LogP contribution in [0.25, 0.3) is 0 Å². The van der Waals surface area contributed by atoms with Gasteiger partial charge in [0.05, 0.1) is 12.9 Å². The zero-order valence-electron chi connectivity index (χ0n) is 11.0. The van der Waals surface area contributed by atoms with Crippen molar-refractivity contribution in [3.05, 3.63) is 47.2 Å². The molecule has 0 atom stereocenters. The van der Waals surface area contributed by atoms with Gasteiger partial charge in [0.25, 0.3) is 0 Å². The molecule has 1 N–H and O–H groups in total. The highest BCUT2D eigenvalue weighted by Gasteiger charge is 2.10. The van der Waals surface area contributed by atoms with Gasteiger partial charge < -0.3 is 14.4 Å². The summed E-state index contributed by atoms with van der Waals surface area (Å²) in [7, 11) is 2.00. The summed E-state index contributed by atoms with van der Waals surface area (Å²) in [5.74, 6) is 0.929. The highest BCUT2D eigenvalue weighted by Crippen LogP contribution is 2.22. The first-order valence-corrected chi connectivity index (χ1v) is 5.92. The van der Waals surface area contributed by atoms with Gasteiger partial charge in [0, 0.05) is 42.3 Å². The van der Waals surface area contributed by atoms with Crippen LogP contribution in [0.4, 0.5) is 5.69 Å². The Hall–Kier alpha value is -1.81. The normalized spacial score (nSPS) is 10.7. The van der Waals surface area contributed by atoms with Crippen molar-refractivity contribution in [1.82, 2.24) is 4.98 Å². The molecule has 0 unspecified atom stereocenters. The van der Waals surface area contributed by atoms with Gasteiger partial charge in [0.15, 0.2) is 0 Å². The molecule has 2 rings (SSSR count). The molecule has 0 radical (unpaired) electrons. The molecule has 18 heavy (non-hydrogen) atoms. The maximum Gasteiger partial charge on any atom is 0.105 e. The summed E-state index contributed by atoms with van der Waals surface area (Å²) in [6, 6.07) is 3.96. The number of aryl methyl sites for hydroxylation is 2. The maximum absolute atomic E-state index is 9.35. The fraction of sp³-hybridized carbons (Fsp3) is 0.357. The predicted molar refractivity (Wildman–Crippen MR) is 70.4 cm³/mol. The molecule has 96 valence electrons. The Morgan fingerprint density at radius 2 is 2.11 bits per heavy atom. The van der Waals surface area contributed by atoms with Crippen molar-refractivity contribution in [3.8, 4) is 0 Å². The minimum Gasteiger partial charge on any atom is -0.469 e. The molecular formula is C14H18N2O2. The zero-order valence-corrected chi connectivity index (χ0v) is 11.0. The van der Waals surface area contributed by atoms with Gasteiger partial charge >= 0.3 is 0 Å². The van der Waals surface area contributed by atoms with Crippen molar-refractivity contribution in [2.24, 2.45) is 0 Å². The summed E-state index contributed by atoms with van der Waals surface area (Å²) in [5, 5.41) is 9.35. The van der Waals surface area contributed by atoms with Crippen LogP contribution >= 0.6 is 0 Å². The van der Waals surface area contributed by atoms with Crippen LogP contribution in [0.3, 0.4) is 0 Å². The van der Waals surface area contributed by atoms with E-state index >= 15 is 0 Å². The average Bonchev–Trinajstić information content (AvgIpc) is 2.75. The lowest BCUT2D eigenvalue weighted by Gasteiger charge is -2.22. The molecule has 2 aromatic heterocycles. The van der Waals surface area contributed by atoms with E-state index in [4.69, 9.17) is 4.42 Å². The minimum absolute atomic E-state index is 0.00266. The molecule has 2 heterocycles. The second kappa shape index (κ2) is 5.23. The van der Waals surface area contributed by atoms with Crippen molar-refractivity contribution in [1.29, 1.82) is 0 Å². The molecule has 0 aliphatic heterocycles. The second-order valence-corrected chi connectivity index (χ2v) is 4.47. The fourth-order valence-corrected chi connectivity index (χ4v) is 1.97. The molecule has 0 aromatic carbocycles. The highest BCUT2D eigenvalue weighted by atomic mass is 16.3. The first-order valence-electron chi connectivity index (χ1n) is 5.92. The Morgan fingerprint density at radius 1 is 1.33 bits per heavy atom. The molecule has 0 bridgehead atoms. The SMILES string of the molecule is Cc1cc(N(C)Cc2ccoc2C)c(CO)cn1. The molecule has 0 saturated carbocycles. The number of rotatable bonds is 4. The van der Waals surface area contributed by atoms with Crippen LogP contribution in [0.2, 0.25) is 0 Å². The van der Waals surface area contributed by atoms with Crippen molar-refractivity contribution >= 4 is 5.69 Å². The van der Waals surface area contributed by atoms with Gasteiger partial charge in [-0.25, -0.2) is 0 Å². The van der Waals surface area contributed by atoms with Crippen LogP contribution in [0, 0.1) is 13.8 Å². The predicted octanol–water partition coefficient (Wildman–Crippen LogP) is 2.42. The Labute approximate surface area is 107 Å². The van der Waals surface area contributed by atoms with Crippen LogP contribution < -0.4 is 4.90 Å². The molecule has 0 aliphatic carbocycles.